The largest absolute Gasteiger partial charge is 0.379 e. The van der Waals surface area contributed by atoms with Crippen molar-refractivity contribution in [2.75, 3.05) is 45.9 Å². The van der Waals surface area contributed by atoms with Crippen molar-refractivity contribution in [3.8, 4) is 0 Å². The van der Waals surface area contributed by atoms with Gasteiger partial charge in [0.1, 0.15) is 0 Å². The lowest BCUT2D eigenvalue weighted by atomic mass is 10.1. The summed E-state index contributed by atoms with van der Waals surface area (Å²) in [7, 11) is -3.54. The molecule has 0 spiro atoms. The Labute approximate surface area is 132 Å². The van der Waals surface area contributed by atoms with E-state index in [-0.39, 0.29) is 12.5 Å². The van der Waals surface area contributed by atoms with Crippen LogP contribution in [-0.2, 0) is 19.6 Å². The molecule has 2 aliphatic heterocycles. The highest BCUT2D eigenvalue weighted by molar-refractivity contribution is 7.89. The number of ether oxygens (including phenoxy) is 1. The maximum absolute atomic E-state index is 12.2. The molecule has 8 heteroatoms. The van der Waals surface area contributed by atoms with Gasteiger partial charge in [-0.3, -0.25) is 9.69 Å². The van der Waals surface area contributed by atoms with Crippen LogP contribution in [0.2, 0.25) is 0 Å². The van der Waals surface area contributed by atoms with Gasteiger partial charge in [0.15, 0.2) is 0 Å². The second-order valence-electron chi connectivity index (χ2n) is 6.10. The van der Waals surface area contributed by atoms with Crippen LogP contribution in [0.4, 0.5) is 0 Å². The zero-order valence-electron chi connectivity index (χ0n) is 13.1. The molecule has 2 aliphatic rings. The van der Waals surface area contributed by atoms with Crippen molar-refractivity contribution < 1.29 is 17.9 Å². The number of piperidine rings is 1. The van der Waals surface area contributed by atoms with Gasteiger partial charge in [0.2, 0.25) is 15.9 Å². The third-order valence-corrected chi connectivity index (χ3v) is 5.73. The minimum Gasteiger partial charge on any atom is -0.379 e. The number of hydrogen-bond donors (Lipinski definition) is 1. The van der Waals surface area contributed by atoms with Crippen molar-refractivity contribution in [3.05, 3.63) is 0 Å². The van der Waals surface area contributed by atoms with Gasteiger partial charge in [-0.05, 0) is 32.2 Å². The van der Waals surface area contributed by atoms with Crippen LogP contribution in [-0.4, -0.2) is 75.3 Å². The molecule has 0 saturated carbocycles. The Morgan fingerprint density at radius 3 is 2.59 bits per heavy atom. The highest BCUT2D eigenvalue weighted by Gasteiger charge is 2.30. The van der Waals surface area contributed by atoms with Crippen LogP contribution in [0.5, 0.6) is 0 Å². The SMILES string of the molecule is NS(=O)(=O)C1CCCN(C(=O)CCCCN2CCOCC2)C1. The zero-order valence-corrected chi connectivity index (χ0v) is 13.9. The van der Waals surface area contributed by atoms with Crippen LogP contribution in [0.15, 0.2) is 0 Å². The molecule has 1 atom stereocenters. The van der Waals surface area contributed by atoms with E-state index < -0.39 is 15.3 Å². The lowest BCUT2D eigenvalue weighted by Gasteiger charge is -2.31. The van der Waals surface area contributed by atoms with Gasteiger partial charge in [-0.15, -0.1) is 0 Å². The summed E-state index contributed by atoms with van der Waals surface area (Å²) in [6.45, 7) is 5.42. The molecule has 2 rings (SSSR count). The lowest BCUT2D eigenvalue weighted by Crippen LogP contribution is -2.47. The summed E-state index contributed by atoms with van der Waals surface area (Å²) in [6, 6.07) is 0. The van der Waals surface area contributed by atoms with Crippen LogP contribution in [0.3, 0.4) is 0 Å². The molecule has 0 radical (unpaired) electrons. The summed E-state index contributed by atoms with van der Waals surface area (Å²) in [4.78, 5) is 16.2. The molecular weight excluding hydrogens is 306 g/mol. The molecule has 0 aliphatic carbocycles. The van der Waals surface area contributed by atoms with Gasteiger partial charge >= 0.3 is 0 Å². The molecule has 0 aromatic rings. The fourth-order valence-corrected chi connectivity index (χ4v) is 3.91. The van der Waals surface area contributed by atoms with Crippen LogP contribution in [0, 0.1) is 0 Å². The lowest BCUT2D eigenvalue weighted by molar-refractivity contribution is -0.132. The number of morpholine rings is 1. The number of carbonyl (C=O) groups is 1. The van der Waals surface area contributed by atoms with E-state index in [2.05, 4.69) is 4.90 Å². The molecule has 2 saturated heterocycles. The maximum Gasteiger partial charge on any atom is 0.222 e. The number of amides is 1. The van der Waals surface area contributed by atoms with Gasteiger partial charge in [-0.1, -0.05) is 0 Å². The Balaban J connectivity index is 1.66. The molecule has 2 fully saturated rings. The van der Waals surface area contributed by atoms with E-state index in [1.165, 1.54) is 0 Å². The van der Waals surface area contributed by atoms with E-state index in [0.29, 0.717) is 25.8 Å². The second-order valence-corrected chi connectivity index (χ2v) is 7.95. The summed E-state index contributed by atoms with van der Waals surface area (Å²) < 4.78 is 28.1. The number of nitrogens with two attached hydrogens (primary N) is 1. The summed E-state index contributed by atoms with van der Waals surface area (Å²) in [5.41, 5.74) is 0. The minimum absolute atomic E-state index is 0.0512. The number of likely N-dealkylation sites (tertiary alicyclic amines) is 1. The summed E-state index contributed by atoms with van der Waals surface area (Å²) in [6.07, 6.45) is 3.58. The van der Waals surface area contributed by atoms with E-state index in [1.54, 1.807) is 4.90 Å². The normalized spacial score (nSPS) is 24.4. The summed E-state index contributed by atoms with van der Waals surface area (Å²) in [5, 5.41) is 4.60. The van der Waals surface area contributed by atoms with Crippen molar-refractivity contribution in [1.82, 2.24) is 9.80 Å². The average molecular weight is 333 g/mol. The molecule has 0 bridgehead atoms. The molecule has 128 valence electrons. The maximum atomic E-state index is 12.2. The first-order valence-electron chi connectivity index (χ1n) is 8.06. The highest BCUT2D eigenvalue weighted by Crippen LogP contribution is 2.16. The van der Waals surface area contributed by atoms with Crippen molar-refractivity contribution >= 4 is 15.9 Å². The van der Waals surface area contributed by atoms with Crippen molar-refractivity contribution in [1.29, 1.82) is 0 Å². The first kappa shape index (κ1) is 17.7. The predicted molar refractivity (Wildman–Crippen MR) is 83.8 cm³/mol. The standard InChI is InChI=1S/C14H27N3O4S/c15-22(19,20)13-4-3-7-17(12-13)14(18)5-1-2-6-16-8-10-21-11-9-16/h13H,1-12H2,(H2,15,19,20). The van der Waals surface area contributed by atoms with Crippen molar-refractivity contribution in [2.45, 2.75) is 37.4 Å². The number of hydrogen-bond acceptors (Lipinski definition) is 5. The zero-order chi connectivity index (χ0) is 16.0. The molecule has 1 amide bonds. The second kappa shape index (κ2) is 8.24. The minimum atomic E-state index is -3.54. The first-order valence-corrected chi connectivity index (χ1v) is 9.67. The van der Waals surface area contributed by atoms with Gasteiger partial charge in [0, 0.05) is 32.6 Å². The highest BCUT2D eigenvalue weighted by atomic mass is 32.2. The van der Waals surface area contributed by atoms with Crippen LogP contribution in [0.1, 0.15) is 32.1 Å². The first-order chi connectivity index (χ1) is 10.5. The number of carbonyl (C=O) groups excluding carboxylic acids is 1. The molecule has 2 heterocycles. The Kier molecular flexibility index (Phi) is 6.61. The summed E-state index contributed by atoms with van der Waals surface area (Å²) >= 11 is 0. The van der Waals surface area contributed by atoms with Crippen molar-refractivity contribution in [3.63, 3.8) is 0 Å². The Morgan fingerprint density at radius 2 is 1.91 bits per heavy atom. The average Bonchev–Trinajstić information content (AvgIpc) is 2.52. The summed E-state index contributed by atoms with van der Waals surface area (Å²) in [5.74, 6) is 0.0512. The van der Waals surface area contributed by atoms with Crippen molar-refractivity contribution in [2.24, 2.45) is 5.14 Å². The van der Waals surface area contributed by atoms with E-state index >= 15 is 0 Å². The van der Waals surface area contributed by atoms with E-state index in [1.807, 2.05) is 0 Å². The number of rotatable bonds is 6. The molecule has 2 N–H and O–H groups in total. The Morgan fingerprint density at radius 1 is 1.18 bits per heavy atom. The van der Waals surface area contributed by atoms with E-state index in [0.717, 1.165) is 45.7 Å². The Hall–Kier alpha value is -0.700. The number of primary sulfonamides is 1. The fourth-order valence-electron chi connectivity index (χ4n) is 3.03. The molecule has 1 unspecified atom stereocenters. The molecular formula is C14H27N3O4S. The topological polar surface area (TPSA) is 92.9 Å². The van der Waals surface area contributed by atoms with Gasteiger partial charge in [-0.25, -0.2) is 13.6 Å². The Bertz CT molecular complexity index is 463. The van der Waals surface area contributed by atoms with Crippen LogP contribution >= 0.6 is 0 Å². The van der Waals surface area contributed by atoms with Gasteiger partial charge < -0.3 is 9.64 Å². The number of nitrogens with zero attached hydrogens (tertiary/aromatic N) is 2. The number of unbranched alkanes of at least 4 members (excludes halogenated alkanes) is 1. The van der Waals surface area contributed by atoms with Crippen LogP contribution < -0.4 is 5.14 Å². The van der Waals surface area contributed by atoms with E-state index in [9.17, 15) is 13.2 Å². The predicted octanol–water partition coefficient (Wildman–Crippen LogP) is -0.232. The molecule has 22 heavy (non-hydrogen) atoms. The fraction of sp³-hybridized carbons (Fsp3) is 0.929. The van der Waals surface area contributed by atoms with Gasteiger partial charge in [-0.2, -0.15) is 0 Å². The third kappa shape index (κ3) is 5.49. The monoisotopic (exact) mass is 333 g/mol. The smallest absolute Gasteiger partial charge is 0.222 e. The third-order valence-electron chi connectivity index (χ3n) is 4.41. The van der Waals surface area contributed by atoms with Gasteiger partial charge in [0.05, 0.1) is 18.5 Å². The molecule has 0 aromatic heterocycles. The van der Waals surface area contributed by atoms with Crippen LogP contribution in [0.25, 0.3) is 0 Å². The molecule has 7 nitrogen and oxygen atoms in total. The quantitative estimate of drug-likeness (QED) is 0.678. The molecule has 0 aromatic carbocycles. The van der Waals surface area contributed by atoms with Gasteiger partial charge in [0.25, 0.3) is 0 Å². The van der Waals surface area contributed by atoms with E-state index in [4.69, 9.17) is 9.88 Å². The number of sulfonamides is 1.